The highest BCUT2D eigenvalue weighted by molar-refractivity contribution is 5.77. The molecule has 1 aliphatic heterocycles. The summed E-state index contributed by atoms with van der Waals surface area (Å²) in [5.74, 6) is 0.406. The fraction of sp³-hybridized carbons (Fsp3) is 0.417. The van der Waals surface area contributed by atoms with Crippen LogP contribution >= 0.6 is 0 Å². The zero-order valence-corrected chi connectivity index (χ0v) is 9.82. The molecule has 1 aromatic carbocycles. The number of carboxylic acid groups (broad SMARTS) is 1. The first-order valence-corrected chi connectivity index (χ1v) is 5.38. The first kappa shape index (κ1) is 11.7. The number of ether oxygens (including phenoxy) is 2. The van der Waals surface area contributed by atoms with E-state index in [1.165, 1.54) is 0 Å². The zero-order valence-electron chi connectivity index (χ0n) is 9.82. The van der Waals surface area contributed by atoms with E-state index in [2.05, 4.69) is 5.32 Å². The van der Waals surface area contributed by atoms with Gasteiger partial charge in [-0.2, -0.15) is 0 Å². The SMILES string of the molecule is COc1cc(OC)c2c(c1)C(C(=O)O)NCC2. The van der Waals surface area contributed by atoms with Crippen LogP contribution in [-0.4, -0.2) is 31.8 Å². The standard InChI is InChI=1S/C12H15NO4/c1-16-7-5-9-8(10(6-7)17-2)3-4-13-11(9)12(14)15/h5-6,11,13H,3-4H2,1-2H3,(H,14,15). The number of methoxy groups -OCH3 is 2. The van der Waals surface area contributed by atoms with E-state index in [-0.39, 0.29) is 0 Å². The van der Waals surface area contributed by atoms with Gasteiger partial charge in [0.25, 0.3) is 0 Å². The molecule has 1 atom stereocenters. The summed E-state index contributed by atoms with van der Waals surface area (Å²) in [5, 5.41) is 12.1. The molecule has 1 aromatic rings. The maximum absolute atomic E-state index is 11.2. The Morgan fingerprint density at radius 3 is 2.76 bits per heavy atom. The zero-order chi connectivity index (χ0) is 12.4. The normalized spacial score (nSPS) is 18.4. The number of rotatable bonds is 3. The number of hydrogen-bond donors (Lipinski definition) is 2. The lowest BCUT2D eigenvalue weighted by Gasteiger charge is -2.26. The number of benzene rings is 1. The number of hydrogen-bond acceptors (Lipinski definition) is 4. The number of aliphatic carboxylic acids is 1. The van der Waals surface area contributed by atoms with Crippen LogP contribution in [0.4, 0.5) is 0 Å². The molecule has 0 aromatic heterocycles. The minimum atomic E-state index is -0.888. The molecule has 0 saturated heterocycles. The molecule has 92 valence electrons. The van der Waals surface area contributed by atoms with Crippen LogP contribution in [0.3, 0.4) is 0 Å². The lowest BCUT2D eigenvalue weighted by molar-refractivity contribution is -0.139. The van der Waals surface area contributed by atoms with Gasteiger partial charge >= 0.3 is 5.97 Å². The predicted octanol–water partition coefficient (Wildman–Crippen LogP) is 0.975. The molecule has 0 spiro atoms. The van der Waals surface area contributed by atoms with Crippen LogP contribution in [0.25, 0.3) is 0 Å². The molecule has 17 heavy (non-hydrogen) atoms. The predicted molar refractivity (Wildman–Crippen MR) is 61.6 cm³/mol. The van der Waals surface area contributed by atoms with Crippen molar-refractivity contribution in [3.8, 4) is 11.5 Å². The van der Waals surface area contributed by atoms with E-state index >= 15 is 0 Å². The van der Waals surface area contributed by atoms with Gasteiger partial charge < -0.3 is 19.9 Å². The average molecular weight is 237 g/mol. The minimum absolute atomic E-state index is 0.607. The first-order chi connectivity index (χ1) is 8.17. The molecule has 1 unspecified atom stereocenters. The van der Waals surface area contributed by atoms with Gasteiger partial charge in [-0.15, -0.1) is 0 Å². The van der Waals surface area contributed by atoms with Crippen LogP contribution < -0.4 is 14.8 Å². The van der Waals surface area contributed by atoms with Crippen molar-refractivity contribution < 1.29 is 19.4 Å². The second-order valence-corrected chi connectivity index (χ2v) is 3.87. The molecule has 0 aliphatic carbocycles. The van der Waals surface area contributed by atoms with Crippen LogP contribution in [0.2, 0.25) is 0 Å². The van der Waals surface area contributed by atoms with Crippen molar-refractivity contribution in [2.24, 2.45) is 0 Å². The smallest absolute Gasteiger partial charge is 0.325 e. The molecular weight excluding hydrogens is 222 g/mol. The van der Waals surface area contributed by atoms with Crippen LogP contribution in [0.15, 0.2) is 12.1 Å². The highest BCUT2D eigenvalue weighted by atomic mass is 16.5. The Morgan fingerprint density at radius 1 is 1.41 bits per heavy atom. The molecule has 5 heteroatoms. The topological polar surface area (TPSA) is 67.8 Å². The molecule has 1 aliphatic rings. The number of fused-ring (bicyclic) bond motifs is 1. The summed E-state index contributed by atoms with van der Waals surface area (Å²) in [7, 11) is 3.13. The van der Waals surface area contributed by atoms with E-state index < -0.39 is 12.0 Å². The molecule has 0 saturated carbocycles. The van der Waals surface area contributed by atoms with Gasteiger partial charge in [0.2, 0.25) is 0 Å². The highest BCUT2D eigenvalue weighted by Crippen LogP contribution is 2.34. The number of carbonyl (C=O) groups is 1. The Morgan fingerprint density at radius 2 is 2.18 bits per heavy atom. The third-order valence-electron chi connectivity index (χ3n) is 2.95. The van der Waals surface area contributed by atoms with Crippen molar-refractivity contribution in [3.63, 3.8) is 0 Å². The van der Waals surface area contributed by atoms with Crippen LogP contribution in [-0.2, 0) is 11.2 Å². The quantitative estimate of drug-likeness (QED) is 0.820. The van der Waals surface area contributed by atoms with Gasteiger partial charge in [-0.3, -0.25) is 4.79 Å². The summed E-state index contributed by atoms with van der Waals surface area (Å²) in [4.78, 5) is 11.2. The summed E-state index contributed by atoms with van der Waals surface area (Å²) in [5.41, 5.74) is 1.67. The lowest BCUT2D eigenvalue weighted by Crippen LogP contribution is -2.35. The molecule has 2 N–H and O–H groups in total. The summed E-state index contributed by atoms with van der Waals surface area (Å²) >= 11 is 0. The Hall–Kier alpha value is -1.75. The van der Waals surface area contributed by atoms with Gasteiger partial charge in [-0.1, -0.05) is 0 Å². The van der Waals surface area contributed by atoms with Crippen LogP contribution in [0.5, 0.6) is 11.5 Å². The third-order valence-corrected chi connectivity index (χ3v) is 2.95. The molecule has 0 fully saturated rings. The third kappa shape index (κ3) is 2.06. The van der Waals surface area contributed by atoms with E-state index in [0.717, 1.165) is 17.5 Å². The van der Waals surface area contributed by atoms with Crippen molar-refractivity contribution in [1.29, 1.82) is 0 Å². The van der Waals surface area contributed by atoms with E-state index in [1.54, 1.807) is 26.4 Å². The van der Waals surface area contributed by atoms with Gasteiger partial charge in [0.15, 0.2) is 0 Å². The molecule has 0 radical (unpaired) electrons. The van der Waals surface area contributed by atoms with E-state index in [1.807, 2.05) is 0 Å². The molecular formula is C12H15NO4. The van der Waals surface area contributed by atoms with Crippen molar-refractivity contribution >= 4 is 5.97 Å². The maximum atomic E-state index is 11.2. The van der Waals surface area contributed by atoms with Gasteiger partial charge in [0.05, 0.1) is 14.2 Å². The monoisotopic (exact) mass is 237 g/mol. The maximum Gasteiger partial charge on any atom is 0.325 e. The summed E-state index contributed by atoms with van der Waals surface area (Å²) < 4.78 is 10.4. The van der Waals surface area contributed by atoms with Crippen molar-refractivity contribution in [1.82, 2.24) is 5.32 Å². The van der Waals surface area contributed by atoms with Crippen LogP contribution in [0.1, 0.15) is 17.2 Å². The van der Waals surface area contributed by atoms with Gasteiger partial charge in [0.1, 0.15) is 17.5 Å². The second kappa shape index (κ2) is 4.63. The minimum Gasteiger partial charge on any atom is -0.497 e. The van der Waals surface area contributed by atoms with E-state index in [4.69, 9.17) is 14.6 Å². The summed E-state index contributed by atoms with van der Waals surface area (Å²) in [6, 6.07) is 2.84. The number of carboxylic acids is 1. The fourth-order valence-electron chi connectivity index (χ4n) is 2.14. The fourth-order valence-corrected chi connectivity index (χ4v) is 2.14. The Balaban J connectivity index is 2.55. The van der Waals surface area contributed by atoms with E-state index in [0.29, 0.717) is 18.0 Å². The van der Waals surface area contributed by atoms with Gasteiger partial charge in [0, 0.05) is 18.2 Å². The first-order valence-electron chi connectivity index (χ1n) is 5.38. The van der Waals surface area contributed by atoms with Crippen LogP contribution in [0, 0.1) is 0 Å². The molecule has 0 bridgehead atoms. The Bertz CT molecular complexity index is 444. The Labute approximate surface area is 99.3 Å². The number of nitrogens with one attached hydrogen (secondary N) is 1. The molecule has 0 amide bonds. The second-order valence-electron chi connectivity index (χ2n) is 3.87. The molecule has 2 rings (SSSR count). The average Bonchev–Trinajstić information content (AvgIpc) is 2.36. The Kier molecular flexibility index (Phi) is 3.19. The largest absolute Gasteiger partial charge is 0.497 e. The summed E-state index contributed by atoms with van der Waals surface area (Å²) in [6.07, 6.45) is 0.756. The van der Waals surface area contributed by atoms with Gasteiger partial charge in [-0.05, 0) is 18.1 Å². The van der Waals surface area contributed by atoms with E-state index in [9.17, 15) is 4.79 Å². The highest BCUT2D eigenvalue weighted by Gasteiger charge is 2.28. The lowest BCUT2D eigenvalue weighted by atomic mass is 9.93. The molecule has 1 heterocycles. The van der Waals surface area contributed by atoms with Crippen molar-refractivity contribution in [3.05, 3.63) is 23.3 Å². The summed E-state index contributed by atoms with van der Waals surface area (Å²) in [6.45, 7) is 0.632. The van der Waals surface area contributed by atoms with Crippen molar-refractivity contribution in [2.75, 3.05) is 20.8 Å². The molecule has 5 nitrogen and oxygen atoms in total. The van der Waals surface area contributed by atoms with Crippen molar-refractivity contribution in [2.45, 2.75) is 12.5 Å². The van der Waals surface area contributed by atoms with Gasteiger partial charge in [-0.25, -0.2) is 0 Å².